The average molecular weight is 270 g/mol. The topological polar surface area (TPSA) is 55.1 Å². The minimum atomic E-state index is -0.951. The van der Waals surface area contributed by atoms with Crippen molar-refractivity contribution in [2.75, 3.05) is 0 Å². The molecule has 0 saturated carbocycles. The third-order valence-corrected chi connectivity index (χ3v) is 3.05. The minimum Gasteiger partial charge on any atom is -0.481 e. The van der Waals surface area contributed by atoms with Gasteiger partial charge in [-0.2, -0.15) is 5.10 Å². The van der Waals surface area contributed by atoms with Crippen LogP contribution in [0.2, 0.25) is 0 Å². The van der Waals surface area contributed by atoms with Gasteiger partial charge in [-0.15, -0.1) is 0 Å². The molecule has 1 N–H and O–H groups in total. The van der Waals surface area contributed by atoms with Crippen LogP contribution in [0.3, 0.4) is 0 Å². The van der Waals surface area contributed by atoms with Gasteiger partial charge in [0.15, 0.2) is 0 Å². The number of hydrogen-bond acceptors (Lipinski definition) is 2. The second kappa shape index (κ2) is 4.77. The van der Waals surface area contributed by atoms with E-state index in [4.69, 9.17) is 5.11 Å². The highest BCUT2D eigenvalue weighted by atomic mass is 19.1. The number of benzene rings is 2. The Morgan fingerprint density at radius 1 is 1.20 bits per heavy atom. The number of halogens is 1. The molecule has 1 heterocycles. The maximum Gasteiger partial charge on any atom is 0.309 e. The van der Waals surface area contributed by atoms with E-state index in [1.165, 1.54) is 16.8 Å². The summed E-state index contributed by atoms with van der Waals surface area (Å²) in [5.41, 5.74) is 1.74. The SMILES string of the molecule is O=C(O)Cc1c2ccccc2nn1-c1cccc(F)c1. The highest BCUT2D eigenvalue weighted by Gasteiger charge is 2.15. The Kier molecular flexibility index (Phi) is 2.95. The molecule has 0 atom stereocenters. The van der Waals surface area contributed by atoms with Gasteiger partial charge in [0.25, 0.3) is 0 Å². The van der Waals surface area contributed by atoms with Crippen molar-refractivity contribution in [2.24, 2.45) is 0 Å². The lowest BCUT2D eigenvalue weighted by atomic mass is 10.1. The molecule has 1 aromatic heterocycles. The van der Waals surface area contributed by atoms with Gasteiger partial charge in [-0.25, -0.2) is 9.07 Å². The Balaban J connectivity index is 2.26. The lowest BCUT2D eigenvalue weighted by molar-refractivity contribution is -0.136. The van der Waals surface area contributed by atoms with E-state index in [1.807, 2.05) is 18.2 Å². The predicted molar refractivity (Wildman–Crippen MR) is 72.4 cm³/mol. The Morgan fingerprint density at radius 3 is 2.75 bits per heavy atom. The summed E-state index contributed by atoms with van der Waals surface area (Å²) < 4.78 is 14.8. The van der Waals surface area contributed by atoms with Crippen molar-refractivity contribution in [1.29, 1.82) is 0 Å². The number of fused-ring (bicyclic) bond motifs is 1. The number of hydrogen-bond donors (Lipinski definition) is 1. The quantitative estimate of drug-likeness (QED) is 0.796. The zero-order chi connectivity index (χ0) is 14.1. The Morgan fingerprint density at radius 2 is 2.00 bits per heavy atom. The fraction of sp³-hybridized carbons (Fsp3) is 0.0667. The first kappa shape index (κ1) is 12.3. The normalized spacial score (nSPS) is 10.8. The summed E-state index contributed by atoms with van der Waals surface area (Å²) in [5.74, 6) is -1.34. The van der Waals surface area contributed by atoms with Crippen LogP contribution >= 0.6 is 0 Å². The van der Waals surface area contributed by atoms with Crippen LogP contribution in [-0.2, 0) is 11.2 Å². The number of aliphatic carboxylic acids is 1. The van der Waals surface area contributed by atoms with Gasteiger partial charge >= 0.3 is 5.97 Å². The zero-order valence-electron chi connectivity index (χ0n) is 10.5. The van der Waals surface area contributed by atoms with Crippen LogP contribution in [0.1, 0.15) is 5.69 Å². The van der Waals surface area contributed by atoms with E-state index >= 15 is 0 Å². The predicted octanol–water partition coefficient (Wildman–Crippen LogP) is 2.79. The molecule has 5 heteroatoms. The first-order chi connectivity index (χ1) is 9.65. The highest BCUT2D eigenvalue weighted by molar-refractivity contribution is 5.86. The monoisotopic (exact) mass is 270 g/mol. The number of nitrogens with zero attached hydrogens (tertiary/aromatic N) is 2. The first-order valence-corrected chi connectivity index (χ1v) is 6.09. The fourth-order valence-electron chi connectivity index (χ4n) is 2.22. The Bertz CT molecular complexity index is 795. The lowest BCUT2D eigenvalue weighted by Crippen LogP contribution is -2.08. The molecule has 0 saturated heterocycles. The molecular formula is C15H11FN2O2. The molecule has 20 heavy (non-hydrogen) atoms. The van der Waals surface area contributed by atoms with Crippen molar-refractivity contribution in [1.82, 2.24) is 9.78 Å². The molecule has 0 spiro atoms. The van der Waals surface area contributed by atoms with E-state index in [-0.39, 0.29) is 12.2 Å². The molecular weight excluding hydrogens is 259 g/mol. The molecule has 0 fully saturated rings. The average Bonchev–Trinajstić information content (AvgIpc) is 2.77. The summed E-state index contributed by atoms with van der Waals surface area (Å²) in [6, 6.07) is 13.2. The number of carbonyl (C=O) groups is 1. The smallest absolute Gasteiger partial charge is 0.309 e. The van der Waals surface area contributed by atoms with Crippen molar-refractivity contribution in [2.45, 2.75) is 6.42 Å². The highest BCUT2D eigenvalue weighted by Crippen LogP contribution is 2.22. The van der Waals surface area contributed by atoms with Gasteiger partial charge in [0.2, 0.25) is 0 Å². The van der Waals surface area contributed by atoms with Crippen LogP contribution < -0.4 is 0 Å². The van der Waals surface area contributed by atoms with E-state index in [0.717, 1.165) is 5.39 Å². The van der Waals surface area contributed by atoms with Gasteiger partial charge in [0.05, 0.1) is 23.3 Å². The van der Waals surface area contributed by atoms with Gasteiger partial charge in [-0.3, -0.25) is 4.79 Å². The van der Waals surface area contributed by atoms with E-state index in [0.29, 0.717) is 16.9 Å². The molecule has 0 unspecified atom stereocenters. The van der Waals surface area contributed by atoms with E-state index < -0.39 is 5.97 Å². The second-order valence-electron chi connectivity index (χ2n) is 4.43. The number of carboxylic acid groups (broad SMARTS) is 1. The molecule has 2 aromatic carbocycles. The van der Waals surface area contributed by atoms with Crippen molar-refractivity contribution in [3.63, 3.8) is 0 Å². The summed E-state index contributed by atoms with van der Waals surface area (Å²) in [6.07, 6.45) is -0.170. The zero-order valence-corrected chi connectivity index (χ0v) is 10.5. The van der Waals surface area contributed by atoms with Crippen molar-refractivity contribution < 1.29 is 14.3 Å². The minimum absolute atomic E-state index is 0.170. The van der Waals surface area contributed by atoms with Gasteiger partial charge in [0, 0.05) is 5.39 Å². The van der Waals surface area contributed by atoms with Crippen LogP contribution in [-0.4, -0.2) is 20.9 Å². The second-order valence-corrected chi connectivity index (χ2v) is 4.43. The molecule has 0 amide bonds. The Hall–Kier alpha value is -2.69. The van der Waals surface area contributed by atoms with Crippen molar-refractivity contribution in [3.8, 4) is 5.69 Å². The molecule has 100 valence electrons. The number of carboxylic acids is 1. The standard InChI is InChI=1S/C15H11FN2O2/c16-10-4-3-5-11(8-10)18-14(9-15(19)20)12-6-1-2-7-13(12)17-18/h1-8H,9H2,(H,19,20). The lowest BCUT2D eigenvalue weighted by Gasteiger charge is -2.06. The van der Waals surface area contributed by atoms with Gasteiger partial charge < -0.3 is 5.11 Å². The molecule has 0 radical (unpaired) electrons. The van der Waals surface area contributed by atoms with Crippen molar-refractivity contribution >= 4 is 16.9 Å². The van der Waals surface area contributed by atoms with Crippen LogP contribution in [0, 0.1) is 5.82 Å². The third-order valence-electron chi connectivity index (χ3n) is 3.05. The van der Waals surface area contributed by atoms with Crippen molar-refractivity contribution in [3.05, 3.63) is 60.0 Å². The summed E-state index contributed by atoms with van der Waals surface area (Å²) >= 11 is 0. The molecule has 3 rings (SSSR count). The molecule has 0 aliphatic heterocycles. The van der Waals surface area contributed by atoms with E-state index in [1.54, 1.807) is 18.2 Å². The molecule has 0 aliphatic carbocycles. The maximum atomic E-state index is 13.3. The fourth-order valence-corrected chi connectivity index (χ4v) is 2.22. The summed E-state index contributed by atoms with van der Waals surface area (Å²) in [7, 11) is 0. The summed E-state index contributed by atoms with van der Waals surface area (Å²) in [4.78, 5) is 11.0. The maximum absolute atomic E-state index is 13.3. The van der Waals surface area contributed by atoms with Gasteiger partial charge in [-0.05, 0) is 24.3 Å². The van der Waals surface area contributed by atoms with Crippen LogP contribution in [0.5, 0.6) is 0 Å². The van der Waals surface area contributed by atoms with Gasteiger partial charge in [0.1, 0.15) is 5.82 Å². The third kappa shape index (κ3) is 2.14. The van der Waals surface area contributed by atoms with Gasteiger partial charge in [-0.1, -0.05) is 24.3 Å². The molecule has 0 bridgehead atoms. The molecule has 0 aliphatic rings. The molecule has 4 nitrogen and oxygen atoms in total. The van der Waals surface area contributed by atoms with E-state index in [9.17, 15) is 9.18 Å². The van der Waals surface area contributed by atoms with Crippen LogP contribution in [0.25, 0.3) is 16.6 Å². The van der Waals surface area contributed by atoms with E-state index in [2.05, 4.69) is 5.10 Å². The number of aromatic nitrogens is 2. The summed E-state index contributed by atoms with van der Waals surface area (Å²) in [6.45, 7) is 0. The van der Waals surface area contributed by atoms with Crippen LogP contribution in [0.4, 0.5) is 4.39 Å². The Labute approximate surface area is 114 Å². The summed E-state index contributed by atoms with van der Waals surface area (Å²) in [5, 5.41) is 14.2. The number of rotatable bonds is 3. The molecule has 3 aromatic rings. The largest absolute Gasteiger partial charge is 0.481 e. The first-order valence-electron chi connectivity index (χ1n) is 6.09. The van der Waals surface area contributed by atoms with Crippen LogP contribution in [0.15, 0.2) is 48.5 Å².